The molecule has 0 aliphatic carbocycles. The van der Waals surface area contributed by atoms with Gasteiger partial charge in [0.25, 0.3) is 0 Å². The molecule has 0 aromatic carbocycles. The minimum Gasteiger partial charge on any atom is -0.481 e. The van der Waals surface area contributed by atoms with E-state index in [1.54, 1.807) is 0 Å². The second kappa shape index (κ2) is 6.06. The van der Waals surface area contributed by atoms with Gasteiger partial charge in [-0.1, -0.05) is 0 Å². The fourth-order valence-electron chi connectivity index (χ4n) is 1.11. The van der Waals surface area contributed by atoms with Crippen molar-refractivity contribution in [1.29, 1.82) is 0 Å². The van der Waals surface area contributed by atoms with Crippen molar-refractivity contribution in [3.05, 3.63) is 0 Å². The Balaban J connectivity index is 4.60. The number of hydrogen-bond donors (Lipinski definition) is 2. The summed E-state index contributed by atoms with van der Waals surface area (Å²) < 4.78 is 8.59. The van der Waals surface area contributed by atoms with E-state index in [0.29, 0.717) is 0 Å². The van der Waals surface area contributed by atoms with E-state index in [1.807, 2.05) is 0 Å². The third-order valence-electron chi connectivity index (χ3n) is 1.98. The number of carbonyl (C=O) groups is 3. The molecule has 0 radical (unpaired) electrons. The van der Waals surface area contributed by atoms with Crippen LogP contribution in [0.2, 0.25) is 0 Å². The zero-order valence-electron chi connectivity index (χ0n) is 9.06. The topological polar surface area (TPSA) is 110 Å². The van der Waals surface area contributed by atoms with Crippen LogP contribution in [0.25, 0.3) is 0 Å². The lowest BCUT2D eigenvalue weighted by molar-refractivity contribution is -0.170. The van der Waals surface area contributed by atoms with Gasteiger partial charge in [-0.2, -0.15) is 0 Å². The van der Waals surface area contributed by atoms with Crippen molar-refractivity contribution < 1.29 is 34.1 Å². The first-order chi connectivity index (χ1) is 7.35. The first-order valence-electron chi connectivity index (χ1n) is 4.45. The monoisotopic (exact) mass is 234 g/mol. The molecule has 7 heteroatoms. The Kier molecular flexibility index (Phi) is 5.44. The van der Waals surface area contributed by atoms with E-state index >= 15 is 0 Å². The highest BCUT2D eigenvalue weighted by atomic mass is 16.5. The molecule has 16 heavy (non-hydrogen) atoms. The van der Waals surface area contributed by atoms with Gasteiger partial charge in [-0.25, -0.2) is 4.79 Å². The minimum atomic E-state index is -2.20. The Hall–Kier alpha value is -1.63. The summed E-state index contributed by atoms with van der Waals surface area (Å²) in [6.45, 7) is 0. The standard InChI is InChI=1S/C9H14O7/c1-15-7(12)3-4-9(14,5-6(10)11)8(13)16-2/h14H,3-5H2,1-2H3,(H,10,11)/t9-/m1/s1. The minimum absolute atomic E-state index is 0.268. The summed E-state index contributed by atoms with van der Waals surface area (Å²) >= 11 is 0. The largest absolute Gasteiger partial charge is 0.481 e. The molecule has 0 aliphatic rings. The number of carbonyl (C=O) groups excluding carboxylic acids is 2. The highest BCUT2D eigenvalue weighted by Crippen LogP contribution is 2.19. The molecular formula is C9H14O7. The molecule has 0 fully saturated rings. The predicted molar refractivity (Wildman–Crippen MR) is 50.5 cm³/mol. The van der Waals surface area contributed by atoms with Gasteiger partial charge >= 0.3 is 17.9 Å². The average molecular weight is 234 g/mol. The molecule has 0 aliphatic heterocycles. The third-order valence-corrected chi connectivity index (χ3v) is 1.98. The molecule has 0 aromatic rings. The van der Waals surface area contributed by atoms with Gasteiger partial charge in [0.05, 0.1) is 20.6 Å². The second-order valence-corrected chi connectivity index (χ2v) is 3.17. The van der Waals surface area contributed by atoms with E-state index in [2.05, 4.69) is 9.47 Å². The van der Waals surface area contributed by atoms with Gasteiger partial charge in [0, 0.05) is 6.42 Å². The van der Waals surface area contributed by atoms with Crippen molar-refractivity contribution >= 4 is 17.9 Å². The van der Waals surface area contributed by atoms with Crippen LogP contribution in [0.1, 0.15) is 19.3 Å². The van der Waals surface area contributed by atoms with Crippen LogP contribution in [0, 0.1) is 0 Å². The first kappa shape index (κ1) is 14.4. The van der Waals surface area contributed by atoms with Gasteiger partial charge in [-0.15, -0.1) is 0 Å². The van der Waals surface area contributed by atoms with Crippen LogP contribution in [0.15, 0.2) is 0 Å². The van der Waals surface area contributed by atoms with E-state index < -0.39 is 29.9 Å². The molecule has 0 spiro atoms. The summed E-state index contributed by atoms with van der Waals surface area (Å²) in [6.07, 6.45) is -1.45. The molecule has 2 N–H and O–H groups in total. The zero-order valence-corrected chi connectivity index (χ0v) is 9.06. The van der Waals surface area contributed by atoms with E-state index in [0.717, 1.165) is 14.2 Å². The van der Waals surface area contributed by atoms with Crippen LogP contribution in [-0.2, 0) is 23.9 Å². The molecule has 0 saturated heterocycles. The van der Waals surface area contributed by atoms with Crippen molar-refractivity contribution in [2.75, 3.05) is 14.2 Å². The summed E-state index contributed by atoms with van der Waals surface area (Å²) in [5.41, 5.74) is -2.20. The molecule has 7 nitrogen and oxygen atoms in total. The number of aliphatic hydroxyl groups is 1. The number of carboxylic acids is 1. The molecule has 0 heterocycles. The summed E-state index contributed by atoms with van der Waals surface area (Å²) in [6, 6.07) is 0. The molecule has 0 unspecified atom stereocenters. The molecule has 0 saturated carbocycles. The number of ether oxygens (including phenoxy) is 2. The predicted octanol–water partition coefficient (Wildman–Crippen LogP) is -0.682. The van der Waals surface area contributed by atoms with Gasteiger partial charge in [-0.3, -0.25) is 9.59 Å². The maximum absolute atomic E-state index is 11.2. The van der Waals surface area contributed by atoms with E-state index in [4.69, 9.17) is 5.11 Å². The molecule has 0 rings (SSSR count). The van der Waals surface area contributed by atoms with Crippen LogP contribution >= 0.6 is 0 Å². The van der Waals surface area contributed by atoms with Crippen LogP contribution in [0.4, 0.5) is 0 Å². The van der Waals surface area contributed by atoms with Crippen molar-refractivity contribution in [3.8, 4) is 0 Å². The zero-order chi connectivity index (χ0) is 12.8. The van der Waals surface area contributed by atoms with Crippen molar-refractivity contribution in [2.24, 2.45) is 0 Å². The lowest BCUT2D eigenvalue weighted by Gasteiger charge is -2.22. The van der Waals surface area contributed by atoms with Crippen molar-refractivity contribution in [1.82, 2.24) is 0 Å². The second-order valence-electron chi connectivity index (χ2n) is 3.17. The number of esters is 2. The number of methoxy groups -OCH3 is 2. The summed E-state index contributed by atoms with van der Waals surface area (Å²) in [5.74, 6) is -3.09. The Morgan fingerprint density at radius 2 is 1.75 bits per heavy atom. The van der Waals surface area contributed by atoms with E-state index in [-0.39, 0.29) is 12.8 Å². The summed E-state index contributed by atoms with van der Waals surface area (Å²) in [7, 11) is 2.17. The molecule has 0 aromatic heterocycles. The molecule has 0 bridgehead atoms. The maximum Gasteiger partial charge on any atom is 0.338 e. The lowest BCUT2D eigenvalue weighted by atomic mass is 9.94. The quantitative estimate of drug-likeness (QED) is 0.585. The molecule has 92 valence electrons. The fourth-order valence-corrected chi connectivity index (χ4v) is 1.11. The highest BCUT2D eigenvalue weighted by molar-refractivity contribution is 5.85. The molecule has 0 amide bonds. The summed E-state index contributed by atoms with van der Waals surface area (Å²) in [4.78, 5) is 32.5. The normalized spacial score (nSPS) is 13.7. The van der Waals surface area contributed by atoms with Crippen LogP contribution in [0.5, 0.6) is 0 Å². The number of aliphatic carboxylic acids is 1. The van der Waals surface area contributed by atoms with Crippen LogP contribution < -0.4 is 0 Å². The fraction of sp³-hybridized carbons (Fsp3) is 0.667. The van der Waals surface area contributed by atoms with Gasteiger partial charge in [0.2, 0.25) is 0 Å². The van der Waals surface area contributed by atoms with Crippen molar-refractivity contribution in [2.45, 2.75) is 24.9 Å². The van der Waals surface area contributed by atoms with Gasteiger partial charge in [0.1, 0.15) is 0 Å². The van der Waals surface area contributed by atoms with Gasteiger partial charge in [0.15, 0.2) is 5.60 Å². The highest BCUT2D eigenvalue weighted by Gasteiger charge is 2.39. The average Bonchev–Trinajstić information content (AvgIpc) is 2.23. The van der Waals surface area contributed by atoms with Gasteiger partial charge in [-0.05, 0) is 6.42 Å². The van der Waals surface area contributed by atoms with Crippen molar-refractivity contribution in [3.63, 3.8) is 0 Å². The first-order valence-corrected chi connectivity index (χ1v) is 4.45. The Morgan fingerprint density at radius 3 is 2.12 bits per heavy atom. The number of hydrogen-bond acceptors (Lipinski definition) is 6. The SMILES string of the molecule is COC(=O)CC[C@@](O)(CC(=O)O)C(=O)OC. The van der Waals surface area contributed by atoms with E-state index in [1.165, 1.54) is 0 Å². The lowest BCUT2D eigenvalue weighted by Crippen LogP contribution is -2.42. The van der Waals surface area contributed by atoms with Gasteiger partial charge < -0.3 is 19.7 Å². The van der Waals surface area contributed by atoms with Crippen LogP contribution in [-0.4, -0.2) is 47.9 Å². The molecule has 1 atom stereocenters. The Bertz CT molecular complexity index is 286. The third kappa shape index (κ3) is 4.26. The molecular weight excluding hydrogens is 220 g/mol. The van der Waals surface area contributed by atoms with Crippen LogP contribution in [0.3, 0.4) is 0 Å². The summed E-state index contributed by atoms with van der Waals surface area (Å²) in [5, 5.41) is 18.3. The Labute approximate surface area is 92.0 Å². The van der Waals surface area contributed by atoms with E-state index in [9.17, 15) is 19.5 Å². The smallest absolute Gasteiger partial charge is 0.338 e. The maximum atomic E-state index is 11.2. The Morgan fingerprint density at radius 1 is 1.19 bits per heavy atom. The number of rotatable bonds is 6. The number of carboxylic acid groups (broad SMARTS) is 1.